The summed E-state index contributed by atoms with van der Waals surface area (Å²) in [6.45, 7) is 10.6. The zero-order chi connectivity index (χ0) is 20.5. The van der Waals surface area contributed by atoms with Crippen LogP contribution in [0.4, 0.5) is 4.39 Å². The molecule has 1 aromatic rings. The van der Waals surface area contributed by atoms with E-state index in [0.29, 0.717) is 23.1 Å². The number of likely N-dealkylation sites (tertiary alicyclic amines) is 1. The van der Waals surface area contributed by atoms with Crippen LogP contribution in [0.25, 0.3) is 0 Å². The molecule has 0 radical (unpaired) electrons. The Kier molecular flexibility index (Phi) is 6.29. The summed E-state index contributed by atoms with van der Waals surface area (Å²) in [5, 5.41) is 0.342. The average Bonchev–Trinajstić information content (AvgIpc) is 2.99. The molecular weight excluding hydrogens is 377 g/mol. The zero-order valence-corrected chi connectivity index (χ0v) is 18.3. The standard InChI is InChI=1S/C15H17ClFNO2.C8H16/c1-15(11-2-4-18(9-19)5-3-11)8-10-6-12(17)7-13(16)14(10)20-15;1-4-8(3)5-7(2)6-8/h6-7,9,11H,2-5,8H2,1H3;7H,4-6H2,1-3H3. The summed E-state index contributed by atoms with van der Waals surface area (Å²) >= 11 is 6.07. The topological polar surface area (TPSA) is 29.5 Å². The van der Waals surface area contributed by atoms with Gasteiger partial charge in [-0.05, 0) is 56.1 Å². The van der Waals surface area contributed by atoms with Crippen molar-refractivity contribution in [2.24, 2.45) is 17.3 Å². The minimum Gasteiger partial charge on any atom is -0.485 e. The van der Waals surface area contributed by atoms with Crippen LogP contribution in [0.3, 0.4) is 0 Å². The van der Waals surface area contributed by atoms with Crippen molar-refractivity contribution < 1.29 is 13.9 Å². The van der Waals surface area contributed by atoms with Crippen LogP contribution in [0.5, 0.6) is 5.75 Å². The fraction of sp³-hybridized carbons (Fsp3) is 0.696. The normalized spacial score (nSPS) is 31.9. The molecule has 0 spiro atoms. The van der Waals surface area contributed by atoms with Crippen molar-refractivity contribution in [3.05, 3.63) is 28.5 Å². The smallest absolute Gasteiger partial charge is 0.209 e. The third kappa shape index (κ3) is 4.48. The number of rotatable bonds is 3. The minimum atomic E-state index is -0.352. The predicted octanol–water partition coefficient (Wildman–Crippen LogP) is 5.87. The minimum absolute atomic E-state index is 0.322. The molecule has 4 rings (SSSR count). The Labute approximate surface area is 173 Å². The van der Waals surface area contributed by atoms with Gasteiger partial charge < -0.3 is 9.64 Å². The maximum Gasteiger partial charge on any atom is 0.209 e. The van der Waals surface area contributed by atoms with Gasteiger partial charge in [0.15, 0.2) is 0 Å². The number of fused-ring (bicyclic) bond motifs is 1. The van der Waals surface area contributed by atoms with Crippen LogP contribution in [-0.2, 0) is 11.2 Å². The molecule has 2 fully saturated rings. The average molecular weight is 410 g/mol. The number of benzene rings is 1. The molecule has 1 amide bonds. The van der Waals surface area contributed by atoms with E-state index in [1.165, 1.54) is 31.4 Å². The van der Waals surface area contributed by atoms with Gasteiger partial charge in [0.05, 0.1) is 5.02 Å². The van der Waals surface area contributed by atoms with Crippen molar-refractivity contribution in [2.75, 3.05) is 13.1 Å². The third-order valence-electron chi connectivity index (χ3n) is 7.04. The van der Waals surface area contributed by atoms with Crippen molar-refractivity contribution in [1.82, 2.24) is 4.90 Å². The van der Waals surface area contributed by atoms with Crippen molar-refractivity contribution >= 4 is 18.0 Å². The van der Waals surface area contributed by atoms with Crippen LogP contribution in [0.1, 0.15) is 65.4 Å². The van der Waals surface area contributed by atoms with Crippen molar-refractivity contribution in [2.45, 2.75) is 71.8 Å². The number of hydrogen-bond acceptors (Lipinski definition) is 2. The second-order valence-corrected chi connectivity index (χ2v) is 9.97. The molecule has 2 aliphatic heterocycles. The molecule has 2 heterocycles. The maximum absolute atomic E-state index is 13.4. The maximum atomic E-state index is 13.4. The number of carbonyl (C=O) groups is 1. The summed E-state index contributed by atoms with van der Waals surface area (Å²) in [7, 11) is 0. The van der Waals surface area contributed by atoms with E-state index in [0.717, 1.165) is 49.2 Å². The lowest BCUT2D eigenvalue weighted by molar-refractivity contribution is -0.120. The van der Waals surface area contributed by atoms with Gasteiger partial charge in [0.25, 0.3) is 0 Å². The molecule has 1 saturated carbocycles. The quantitative estimate of drug-likeness (QED) is 0.584. The van der Waals surface area contributed by atoms with Crippen LogP contribution < -0.4 is 4.74 Å². The summed E-state index contributed by atoms with van der Waals surface area (Å²) in [5.74, 6) is 1.66. The Bertz CT molecular complexity index is 711. The molecule has 3 nitrogen and oxygen atoms in total. The Morgan fingerprint density at radius 1 is 1.29 bits per heavy atom. The molecule has 1 atom stereocenters. The van der Waals surface area contributed by atoms with E-state index < -0.39 is 0 Å². The molecular formula is C23H33ClFNO2. The molecule has 1 unspecified atom stereocenters. The van der Waals surface area contributed by atoms with E-state index in [4.69, 9.17) is 16.3 Å². The number of amides is 1. The first kappa shape index (κ1) is 21.4. The molecule has 28 heavy (non-hydrogen) atoms. The zero-order valence-electron chi connectivity index (χ0n) is 17.6. The molecule has 3 aliphatic rings. The molecule has 156 valence electrons. The number of hydrogen-bond donors (Lipinski definition) is 0. The van der Waals surface area contributed by atoms with Crippen molar-refractivity contribution in [3.63, 3.8) is 0 Å². The highest BCUT2D eigenvalue weighted by atomic mass is 35.5. The first-order chi connectivity index (χ1) is 13.2. The Morgan fingerprint density at radius 3 is 2.43 bits per heavy atom. The van der Waals surface area contributed by atoms with Gasteiger partial charge in [-0.25, -0.2) is 4.39 Å². The monoisotopic (exact) mass is 409 g/mol. The molecule has 0 N–H and O–H groups in total. The van der Waals surface area contributed by atoms with Gasteiger partial charge in [0.1, 0.15) is 17.2 Å². The summed E-state index contributed by atoms with van der Waals surface area (Å²) in [6, 6.07) is 2.80. The number of ether oxygens (including phenoxy) is 1. The Balaban J connectivity index is 0.000000236. The van der Waals surface area contributed by atoms with E-state index in [-0.39, 0.29) is 11.4 Å². The lowest BCUT2D eigenvalue weighted by Gasteiger charge is -2.43. The molecule has 0 aromatic heterocycles. The molecule has 0 bridgehead atoms. The highest BCUT2D eigenvalue weighted by molar-refractivity contribution is 6.32. The second kappa shape index (κ2) is 8.22. The summed E-state index contributed by atoms with van der Waals surface area (Å²) in [4.78, 5) is 12.6. The van der Waals surface area contributed by atoms with Crippen LogP contribution in [0.15, 0.2) is 12.1 Å². The number of nitrogens with zero attached hydrogens (tertiary/aromatic N) is 1. The molecule has 1 aliphatic carbocycles. The van der Waals surface area contributed by atoms with E-state index >= 15 is 0 Å². The van der Waals surface area contributed by atoms with E-state index in [9.17, 15) is 9.18 Å². The molecule has 1 saturated heterocycles. The summed E-state index contributed by atoms with van der Waals surface area (Å²) in [6.07, 6.45) is 7.68. The van der Waals surface area contributed by atoms with E-state index in [1.807, 2.05) is 0 Å². The van der Waals surface area contributed by atoms with Gasteiger partial charge in [-0.15, -0.1) is 0 Å². The molecule has 5 heteroatoms. The fourth-order valence-electron chi connectivity index (χ4n) is 5.26. The predicted molar refractivity (Wildman–Crippen MR) is 111 cm³/mol. The number of halogens is 2. The van der Waals surface area contributed by atoms with Crippen LogP contribution in [-0.4, -0.2) is 30.0 Å². The van der Waals surface area contributed by atoms with Crippen molar-refractivity contribution in [3.8, 4) is 5.75 Å². The Morgan fingerprint density at radius 2 is 1.93 bits per heavy atom. The first-order valence-electron chi connectivity index (χ1n) is 10.5. The SMILES string of the molecule is CC1(C2CCN(C=O)CC2)Cc2cc(F)cc(Cl)c2O1.CCC1(C)CC(C)C1. The fourth-order valence-corrected chi connectivity index (χ4v) is 5.53. The van der Waals surface area contributed by atoms with Crippen LogP contribution >= 0.6 is 11.6 Å². The largest absolute Gasteiger partial charge is 0.485 e. The summed E-state index contributed by atoms with van der Waals surface area (Å²) < 4.78 is 19.5. The lowest BCUT2D eigenvalue weighted by Crippen LogP contribution is -2.45. The van der Waals surface area contributed by atoms with E-state index in [1.54, 1.807) is 4.90 Å². The van der Waals surface area contributed by atoms with Gasteiger partial charge in [-0.3, -0.25) is 4.79 Å². The highest BCUT2D eigenvalue weighted by Gasteiger charge is 2.44. The highest BCUT2D eigenvalue weighted by Crippen LogP contribution is 2.47. The number of piperidine rings is 1. The summed E-state index contributed by atoms with van der Waals surface area (Å²) in [5.41, 5.74) is 1.23. The van der Waals surface area contributed by atoms with Gasteiger partial charge in [-0.2, -0.15) is 0 Å². The lowest BCUT2D eigenvalue weighted by atomic mass is 9.63. The van der Waals surface area contributed by atoms with E-state index in [2.05, 4.69) is 27.7 Å². The second-order valence-electron chi connectivity index (χ2n) is 9.56. The van der Waals surface area contributed by atoms with Crippen molar-refractivity contribution in [1.29, 1.82) is 0 Å². The van der Waals surface area contributed by atoms with Gasteiger partial charge >= 0.3 is 0 Å². The van der Waals surface area contributed by atoms with Crippen LogP contribution in [0, 0.1) is 23.1 Å². The van der Waals surface area contributed by atoms with Gasteiger partial charge in [-0.1, -0.05) is 38.8 Å². The van der Waals surface area contributed by atoms with Gasteiger partial charge in [0.2, 0.25) is 6.41 Å². The van der Waals surface area contributed by atoms with Crippen LogP contribution in [0.2, 0.25) is 5.02 Å². The Hall–Kier alpha value is -1.29. The third-order valence-corrected chi connectivity index (χ3v) is 7.32. The molecule has 1 aromatic carbocycles. The first-order valence-corrected chi connectivity index (χ1v) is 10.9. The van der Waals surface area contributed by atoms with Gasteiger partial charge in [0, 0.05) is 31.0 Å². The number of carbonyl (C=O) groups excluding carboxylic acids is 1.